The zero-order valence-electron chi connectivity index (χ0n) is 7.37. The summed E-state index contributed by atoms with van der Waals surface area (Å²) in [4.78, 5) is 0. The number of hydrogen-bond donors (Lipinski definition) is 1. The molecule has 0 radical (unpaired) electrons. The Kier molecular flexibility index (Phi) is 1.77. The molecular weight excluding hydrogens is 154 g/mol. The number of rotatable bonds is 2. The van der Waals surface area contributed by atoms with Crippen molar-refractivity contribution in [2.24, 2.45) is 7.05 Å². The first-order valence-electron chi connectivity index (χ1n) is 4.14. The molecule has 0 bridgehead atoms. The van der Waals surface area contributed by atoms with Gasteiger partial charge in [0.25, 0.3) is 0 Å². The molecule has 1 fully saturated rings. The van der Waals surface area contributed by atoms with Gasteiger partial charge in [0, 0.05) is 26.2 Å². The van der Waals surface area contributed by atoms with Gasteiger partial charge in [-0.25, -0.2) is 4.68 Å². The van der Waals surface area contributed by atoms with Gasteiger partial charge < -0.3 is 10.1 Å². The molecule has 1 aliphatic heterocycles. The summed E-state index contributed by atoms with van der Waals surface area (Å²) >= 11 is 0. The first-order valence-corrected chi connectivity index (χ1v) is 4.14. The standard InChI is InChI=1S/C8H13N3O/c1-6-3-8(11(2)10-6)12-7-4-9-5-7/h3,7,9H,4-5H2,1-2H3. The van der Waals surface area contributed by atoms with Crippen LogP contribution in [0.15, 0.2) is 6.07 Å². The second kappa shape index (κ2) is 2.79. The van der Waals surface area contributed by atoms with E-state index in [9.17, 15) is 0 Å². The van der Waals surface area contributed by atoms with Gasteiger partial charge in [0.1, 0.15) is 6.10 Å². The molecule has 2 heterocycles. The van der Waals surface area contributed by atoms with Crippen LogP contribution in [-0.2, 0) is 7.05 Å². The lowest BCUT2D eigenvalue weighted by Crippen LogP contribution is -2.50. The number of aromatic nitrogens is 2. The molecule has 66 valence electrons. The fourth-order valence-corrected chi connectivity index (χ4v) is 1.21. The normalized spacial score (nSPS) is 17.5. The monoisotopic (exact) mass is 167 g/mol. The molecule has 0 unspecified atom stereocenters. The average molecular weight is 167 g/mol. The van der Waals surface area contributed by atoms with E-state index in [-0.39, 0.29) is 0 Å². The number of ether oxygens (including phenoxy) is 1. The molecule has 0 aliphatic carbocycles. The second-order valence-corrected chi connectivity index (χ2v) is 3.15. The average Bonchev–Trinajstić information content (AvgIpc) is 2.21. The van der Waals surface area contributed by atoms with Crippen molar-refractivity contribution in [2.45, 2.75) is 13.0 Å². The van der Waals surface area contributed by atoms with Crippen LogP contribution in [0, 0.1) is 6.92 Å². The summed E-state index contributed by atoms with van der Waals surface area (Å²) in [6.07, 6.45) is 0.333. The maximum absolute atomic E-state index is 5.64. The fourth-order valence-electron chi connectivity index (χ4n) is 1.21. The summed E-state index contributed by atoms with van der Waals surface area (Å²) in [5, 5.41) is 7.35. The lowest BCUT2D eigenvalue weighted by molar-refractivity contribution is 0.130. The summed E-state index contributed by atoms with van der Waals surface area (Å²) < 4.78 is 7.41. The topological polar surface area (TPSA) is 39.1 Å². The number of aryl methyl sites for hydroxylation is 2. The Morgan fingerprint density at radius 2 is 2.42 bits per heavy atom. The van der Waals surface area contributed by atoms with Gasteiger partial charge in [0.05, 0.1) is 5.69 Å². The van der Waals surface area contributed by atoms with Crippen LogP contribution in [0.1, 0.15) is 5.69 Å². The van der Waals surface area contributed by atoms with Crippen molar-refractivity contribution in [1.29, 1.82) is 0 Å². The molecule has 2 rings (SSSR count). The fraction of sp³-hybridized carbons (Fsp3) is 0.625. The summed E-state index contributed by atoms with van der Waals surface area (Å²) in [6.45, 7) is 3.86. The van der Waals surface area contributed by atoms with Crippen molar-refractivity contribution < 1.29 is 4.74 Å². The van der Waals surface area contributed by atoms with E-state index < -0.39 is 0 Å². The predicted octanol–water partition coefficient (Wildman–Crippen LogP) is 0.0791. The molecule has 4 nitrogen and oxygen atoms in total. The van der Waals surface area contributed by atoms with Crippen LogP contribution in [-0.4, -0.2) is 29.0 Å². The number of nitrogens with zero attached hydrogens (tertiary/aromatic N) is 2. The molecule has 12 heavy (non-hydrogen) atoms. The molecule has 0 atom stereocenters. The van der Waals surface area contributed by atoms with Crippen LogP contribution in [0.2, 0.25) is 0 Å². The Morgan fingerprint density at radius 1 is 1.67 bits per heavy atom. The minimum Gasteiger partial charge on any atom is -0.472 e. The van der Waals surface area contributed by atoms with Crippen molar-refractivity contribution in [1.82, 2.24) is 15.1 Å². The largest absolute Gasteiger partial charge is 0.472 e. The molecule has 1 aromatic rings. The Balaban J connectivity index is 2.05. The van der Waals surface area contributed by atoms with E-state index in [0.29, 0.717) is 6.10 Å². The molecular formula is C8H13N3O. The molecule has 0 spiro atoms. The molecule has 0 amide bonds. The second-order valence-electron chi connectivity index (χ2n) is 3.15. The van der Waals surface area contributed by atoms with E-state index in [0.717, 1.165) is 24.7 Å². The smallest absolute Gasteiger partial charge is 0.212 e. The quantitative estimate of drug-likeness (QED) is 0.678. The minimum absolute atomic E-state index is 0.333. The van der Waals surface area contributed by atoms with Gasteiger partial charge >= 0.3 is 0 Å². The van der Waals surface area contributed by atoms with Crippen molar-refractivity contribution in [3.63, 3.8) is 0 Å². The van der Waals surface area contributed by atoms with E-state index in [1.807, 2.05) is 20.0 Å². The van der Waals surface area contributed by atoms with Crippen LogP contribution < -0.4 is 10.1 Å². The van der Waals surface area contributed by atoms with Crippen LogP contribution in [0.5, 0.6) is 5.88 Å². The highest BCUT2D eigenvalue weighted by molar-refractivity contribution is 5.15. The molecule has 1 aliphatic rings. The number of nitrogens with one attached hydrogen (secondary N) is 1. The van der Waals surface area contributed by atoms with Crippen molar-refractivity contribution in [3.8, 4) is 5.88 Å². The highest BCUT2D eigenvalue weighted by Crippen LogP contribution is 2.14. The third-order valence-electron chi connectivity index (χ3n) is 1.99. The molecule has 0 saturated carbocycles. The Labute approximate surface area is 71.5 Å². The maximum atomic E-state index is 5.64. The highest BCUT2D eigenvalue weighted by Gasteiger charge is 2.19. The van der Waals surface area contributed by atoms with E-state index in [2.05, 4.69) is 10.4 Å². The predicted molar refractivity (Wildman–Crippen MR) is 45.2 cm³/mol. The molecule has 0 aromatic carbocycles. The van der Waals surface area contributed by atoms with Crippen LogP contribution in [0.3, 0.4) is 0 Å². The lowest BCUT2D eigenvalue weighted by Gasteiger charge is -2.27. The van der Waals surface area contributed by atoms with Gasteiger partial charge in [-0.3, -0.25) is 0 Å². The summed E-state index contributed by atoms with van der Waals surface area (Å²) in [5.74, 6) is 0.860. The van der Waals surface area contributed by atoms with E-state index in [1.54, 1.807) is 4.68 Å². The number of hydrogen-bond acceptors (Lipinski definition) is 3. The van der Waals surface area contributed by atoms with Gasteiger partial charge in [-0.1, -0.05) is 0 Å². The Hall–Kier alpha value is -1.03. The van der Waals surface area contributed by atoms with Crippen molar-refractivity contribution >= 4 is 0 Å². The molecule has 4 heteroatoms. The van der Waals surface area contributed by atoms with E-state index in [1.165, 1.54) is 0 Å². The van der Waals surface area contributed by atoms with Crippen LogP contribution in [0.4, 0.5) is 0 Å². The van der Waals surface area contributed by atoms with Gasteiger partial charge in [-0.15, -0.1) is 0 Å². The van der Waals surface area contributed by atoms with Crippen molar-refractivity contribution in [3.05, 3.63) is 11.8 Å². The van der Waals surface area contributed by atoms with E-state index in [4.69, 9.17) is 4.74 Å². The zero-order chi connectivity index (χ0) is 8.55. The zero-order valence-corrected chi connectivity index (χ0v) is 7.37. The van der Waals surface area contributed by atoms with Crippen molar-refractivity contribution in [2.75, 3.05) is 13.1 Å². The minimum atomic E-state index is 0.333. The molecule has 1 N–H and O–H groups in total. The highest BCUT2D eigenvalue weighted by atomic mass is 16.5. The molecule has 1 aromatic heterocycles. The Morgan fingerprint density at radius 3 is 2.83 bits per heavy atom. The van der Waals surface area contributed by atoms with Gasteiger partial charge in [-0.2, -0.15) is 5.10 Å². The summed E-state index contributed by atoms with van der Waals surface area (Å²) in [5.41, 5.74) is 1.000. The third kappa shape index (κ3) is 1.30. The first kappa shape index (κ1) is 7.61. The SMILES string of the molecule is Cc1cc(OC2CNC2)n(C)n1. The van der Waals surface area contributed by atoms with Crippen LogP contribution >= 0.6 is 0 Å². The van der Waals surface area contributed by atoms with Crippen LogP contribution in [0.25, 0.3) is 0 Å². The maximum Gasteiger partial charge on any atom is 0.212 e. The summed E-state index contributed by atoms with van der Waals surface area (Å²) in [6, 6.07) is 1.96. The Bertz CT molecular complexity index is 278. The summed E-state index contributed by atoms with van der Waals surface area (Å²) in [7, 11) is 1.90. The van der Waals surface area contributed by atoms with Gasteiger partial charge in [-0.05, 0) is 6.92 Å². The lowest BCUT2D eigenvalue weighted by atomic mass is 10.2. The third-order valence-corrected chi connectivity index (χ3v) is 1.99. The first-order chi connectivity index (χ1) is 5.75. The van der Waals surface area contributed by atoms with E-state index >= 15 is 0 Å². The van der Waals surface area contributed by atoms with Gasteiger partial charge in [0.2, 0.25) is 5.88 Å². The molecule has 1 saturated heterocycles. The van der Waals surface area contributed by atoms with Gasteiger partial charge in [0.15, 0.2) is 0 Å².